The number of aliphatic hydroxyl groups excluding tert-OH is 2. The zero-order valence-electron chi connectivity index (χ0n) is 35.2. The molecule has 0 aliphatic carbocycles. The summed E-state index contributed by atoms with van der Waals surface area (Å²) in [4.78, 5) is 28.4. The highest BCUT2D eigenvalue weighted by Gasteiger charge is 2.21. The molecule has 62 heavy (non-hydrogen) atoms. The highest BCUT2D eigenvalue weighted by atomic mass is 35.5. The Bertz CT molecular complexity index is 2320. The third kappa shape index (κ3) is 13.0. The number of rotatable bonds is 24. The predicted molar refractivity (Wildman–Crippen MR) is 229 cm³/mol. The van der Waals surface area contributed by atoms with Crippen molar-refractivity contribution >= 4 is 23.5 Å². The summed E-state index contributed by atoms with van der Waals surface area (Å²) in [6.07, 6.45) is 5.53. The number of aromatic nitrogens is 4. The maximum absolute atomic E-state index is 12.3. The van der Waals surface area contributed by atoms with Gasteiger partial charge in [0.25, 0.3) is 0 Å². The lowest BCUT2D eigenvalue weighted by Gasteiger charge is -2.19. The molecule has 0 unspecified atom stereocenters. The monoisotopic (exact) mass is 869 g/mol. The fraction of sp³-hybridized carbons (Fsp3) is 0.378. The van der Waals surface area contributed by atoms with Crippen molar-refractivity contribution in [2.24, 2.45) is 0 Å². The molecule has 0 saturated heterocycles. The fourth-order valence-electron chi connectivity index (χ4n) is 6.43. The van der Waals surface area contributed by atoms with Gasteiger partial charge in [0.2, 0.25) is 0 Å². The maximum Gasteiger partial charge on any atom is 0.325 e. The molecule has 2 atom stereocenters. The maximum atomic E-state index is 12.3. The molecule has 3 aromatic carbocycles. The van der Waals surface area contributed by atoms with Gasteiger partial charge in [0, 0.05) is 61.8 Å². The lowest BCUT2D eigenvalue weighted by molar-refractivity contribution is -0.147. The van der Waals surface area contributed by atoms with Crippen molar-refractivity contribution in [1.29, 1.82) is 5.26 Å². The van der Waals surface area contributed by atoms with Gasteiger partial charge in [-0.1, -0.05) is 47.1 Å². The highest BCUT2D eigenvalue weighted by molar-refractivity contribution is 6.32. The van der Waals surface area contributed by atoms with Gasteiger partial charge in [-0.25, -0.2) is 0 Å². The second kappa shape index (κ2) is 23.8. The number of carbonyl (C=O) groups excluding carboxylic acids is 2. The Hall–Kier alpha value is -6.09. The first-order chi connectivity index (χ1) is 30.1. The molecular formula is C45H52ClN7O9. The minimum Gasteiger partial charge on any atom is -0.493 e. The summed E-state index contributed by atoms with van der Waals surface area (Å²) in [7, 11) is 0. The Labute approximate surface area is 365 Å². The molecule has 0 fully saturated rings. The van der Waals surface area contributed by atoms with E-state index in [4.69, 9.17) is 35.3 Å². The molecule has 5 aromatic rings. The van der Waals surface area contributed by atoms with E-state index in [-0.39, 0.29) is 46.1 Å². The van der Waals surface area contributed by atoms with Crippen LogP contribution in [0.2, 0.25) is 5.02 Å². The number of ether oxygens (including phenoxy) is 5. The van der Waals surface area contributed by atoms with E-state index in [9.17, 15) is 25.1 Å². The molecule has 0 radical (unpaired) electrons. The zero-order valence-corrected chi connectivity index (χ0v) is 36.0. The van der Waals surface area contributed by atoms with Crippen molar-refractivity contribution in [3.05, 3.63) is 117 Å². The van der Waals surface area contributed by atoms with Crippen LogP contribution in [0.25, 0.3) is 11.1 Å². The number of carbonyl (C=O) groups is 2. The summed E-state index contributed by atoms with van der Waals surface area (Å²) >= 11 is 6.78. The predicted octanol–water partition coefficient (Wildman–Crippen LogP) is 5.14. The summed E-state index contributed by atoms with van der Waals surface area (Å²) in [6.45, 7) is 8.69. The van der Waals surface area contributed by atoms with Crippen LogP contribution < -0.4 is 24.8 Å². The van der Waals surface area contributed by atoms with Crippen LogP contribution in [0, 0.1) is 25.2 Å². The molecule has 5 rings (SSSR count). The van der Waals surface area contributed by atoms with E-state index in [0.29, 0.717) is 58.5 Å². The number of nitrogens with one attached hydrogen (secondary N) is 2. The first kappa shape index (κ1) is 47.0. The van der Waals surface area contributed by atoms with Crippen LogP contribution in [-0.2, 0) is 51.9 Å². The van der Waals surface area contributed by atoms with E-state index in [0.717, 1.165) is 33.6 Å². The second-order valence-corrected chi connectivity index (χ2v) is 14.5. The standard InChI is InChI=1S/C45H52ClN7O9/c1-5-58-44(56)39(25-54)49-22-34-17-38(46)43(18-42(34)61-27-32-16-31(19-47)20-48-21-32)62-28-33-10-7-11-36(29(33)3)37-12-8-13-41(30(37)4)60-15-9-14-53-24-35(51-52-53)23-50-40(26-55)45(57)59-6-2/h7-8,10-13,16-18,20-21,24,39-40,49-50,54-55H,5-6,9,14-15,22-23,25-28H2,1-4H3/t39-,40-/m1/s1. The number of aryl methyl sites for hydroxylation is 1. The zero-order chi connectivity index (χ0) is 44.4. The van der Waals surface area contributed by atoms with Gasteiger partial charge in [0.1, 0.15) is 48.6 Å². The Morgan fingerprint density at radius 1 is 0.823 bits per heavy atom. The van der Waals surface area contributed by atoms with E-state index in [1.54, 1.807) is 49.1 Å². The van der Waals surface area contributed by atoms with Crippen molar-refractivity contribution in [1.82, 2.24) is 30.6 Å². The van der Waals surface area contributed by atoms with E-state index in [2.05, 4.69) is 44.1 Å². The average molecular weight is 870 g/mol. The molecule has 0 saturated carbocycles. The van der Waals surface area contributed by atoms with Crippen LogP contribution in [-0.4, -0.2) is 87.2 Å². The van der Waals surface area contributed by atoms with Crippen molar-refractivity contribution in [3.63, 3.8) is 0 Å². The molecular weight excluding hydrogens is 818 g/mol. The second-order valence-electron chi connectivity index (χ2n) is 14.1. The largest absolute Gasteiger partial charge is 0.493 e. The Balaban J connectivity index is 1.24. The number of esters is 2. The molecule has 0 amide bonds. The van der Waals surface area contributed by atoms with Crippen molar-refractivity contribution < 1.29 is 43.5 Å². The fourth-order valence-corrected chi connectivity index (χ4v) is 6.67. The van der Waals surface area contributed by atoms with Crippen LogP contribution >= 0.6 is 11.6 Å². The van der Waals surface area contributed by atoms with Crippen molar-refractivity contribution in [2.45, 2.75) is 79.0 Å². The number of nitrogens with zero attached hydrogens (tertiary/aromatic N) is 5. The number of hydrogen-bond donors (Lipinski definition) is 4. The molecule has 2 aromatic heterocycles. The molecule has 0 aliphatic rings. The van der Waals surface area contributed by atoms with Gasteiger partial charge in [-0.15, -0.1) is 5.10 Å². The molecule has 16 nitrogen and oxygen atoms in total. The number of aliphatic hydroxyl groups is 2. The summed E-state index contributed by atoms with van der Waals surface area (Å²) in [6, 6.07) is 17.3. The molecule has 0 aliphatic heterocycles. The summed E-state index contributed by atoms with van der Waals surface area (Å²) in [5.41, 5.74) is 7.29. The average Bonchev–Trinajstić information content (AvgIpc) is 3.73. The Kier molecular flexibility index (Phi) is 18.0. The molecule has 328 valence electrons. The molecule has 0 spiro atoms. The van der Waals surface area contributed by atoms with Gasteiger partial charge < -0.3 is 33.9 Å². The molecule has 2 heterocycles. The van der Waals surface area contributed by atoms with Crippen LogP contribution in [0.4, 0.5) is 0 Å². The molecule has 0 bridgehead atoms. The van der Waals surface area contributed by atoms with Gasteiger partial charge in [0.15, 0.2) is 0 Å². The number of nitriles is 1. The molecule has 17 heteroatoms. The first-order valence-corrected chi connectivity index (χ1v) is 20.6. The van der Waals surface area contributed by atoms with Crippen LogP contribution in [0.15, 0.2) is 73.2 Å². The summed E-state index contributed by atoms with van der Waals surface area (Å²) in [5.74, 6) is 0.454. The quantitative estimate of drug-likeness (QED) is 0.0467. The third-order valence-electron chi connectivity index (χ3n) is 9.79. The van der Waals surface area contributed by atoms with Gasteiger partial charge in [-0.2, -0.15) is 5.26 Å². The third-order valence-corrected chi connectivity index (χ3v) is 10.1. The van der Waals surface area contributed by atoms with E-state index >= 15 is 0 Å². The first-order valence-electron chi connectivity index (χ1n) is 20.2. The smallest absolute Gasteiger partial charge is 0.325 e. The lowest BCUT2D eigenvalue weighted by Crippen LogP contribution is -2.40. The molecule has 4 N–H and O–H groups in total. The number of benzene rings is 3. The van der Waals surface area contributed by atoms with Crippen molar-refractivity contribution in [3.8, 4) is 34.4 Å². The van der Waals surface area contributed by atoms with Crippen LogP contribution in [0.1, 0.15) is 59.3 Å². The van der Waals surface area contributed by atoms with E-state index in [1.165, 1.54) is 6.20 Å². The Morgan fingerprint density at radius 3 is 2.19 bits per heavy atom. The highest BCUT2D eigenvalue weighted by Crippen LogP contribution is 2.36. The SMILES string of the molecule is CCOC(=O)[C@@H](CO)NCc1cn(CCCOc2cccc(-c3cccc(COc4cc(OCc5cncc(C#N)c5)c(CN[C@H](CO)C(=O)OCC)cc4Cl)c3C)c2C)nn1. The minimum atomic E-state index is -0.955. The van der Waals surface area contributed by atoms with Crippen molar-refractivity contribution in [2.75, 3.05) is 33.0 Å². The van der Waals surface area contributed by atoms with Crippen LogP contribution in [0.3, 0.4) is 0 Å². The van der Waals surface area contributed by atoms with Gasteiger partial charge in [-0.3, -0.25) is 29.9 Å². The number of hydrogen-bond acceptors (Lipinski definition) is 15. The van der Waals surface area contributed by atoms with Gasteiger partial charge >= 0.3 is 11.9 Å². The summed E-state index contributed by atoms with van der Waals surface area (Å²) < 4.78 is 30.5. The summed E-state index contributed by atoms with van der Waals surface area (Å²) in [5, 5.41) is 43.2. The minimum absolute atomic E-state index is 0.0930. The van der Waals surface area contributed by atoms with Gasteiger partial charge in [-0.05, 0) is 73.7 Å². The van der Waals surface area contributed by atoms with Crippen LogP contribution in [0.5, 0.6) is 17.2 Å². The lowest BCUT2D eigenvalue weighted by atomic mass is 9.93. The van der Waals surface area contributed by atoms with Gasteiger partial charge in [0.05, 0.1) is 49.3 Å². The normalized spacial score (nSPS) is 12.0. The number of pyridine rings is 1. The topological polar surface area (TPSA) is 212 Å². The van der Waals surface area contributed by atoms with E-state index in [1.807, 2.05) is 38.1 Å². The number of halogens is 1. The Morgan fingerprint density at radius 2 is 1.50 bits per heavy atom. The van der Waals surface area contributed by atoms with E-state index < -0.39 is 30.6 Å².